The molecule has 0 amide bonds. The van der Waals surface area contributed by atoms with Crippen LogP contribution in [-0.2, 0) is 6.42 Å². The lowest BCUT2D eigenvalue weighted by Crippen LogP contribution is -2.30. The van der Waals surface area contributed by atoms with Gasteiger partial charge in [0.1, 0.15) is 0 Å². The van der Waals surface area contributed by atoms with Crippen LogP contribution in [0.25, 0.3) is 0 Å². The molecule has 1 nitrogen and oxygen atoms in total. The molecule has 0 spiro atoms. The van der Waals surface area contributed by atoms with Crippen LogP contribution in [0.1, 0.15) is 71.3 Å². The van der Waals surface area contributed by atoms with Gasteiger partial charge in [0.05, 0.1) is 0 Å². The maximum Gasteiger partial charge on any atom is 0.00701 e. The van der Waals surface area contributed by atoms with Crippen LogP contribution in [0.2, 0.25) is 0 Å². The molecule has 120 valence electrons. The number of hydrogen-bond donors (Lipinski definition) is 1. The third kappa shape index (κ3) is 9.68. The van der Waals surface area contributed by atoms with Crippen molar-refractivity contribution in [2.24, 2.45) is 5.92 Å². The molecule has 1 N–H and O–H groups in total. The normalized spacial score (nSPS) is 12.8. The van der Waals surface area contributed by atoms with Gasteiger partial charge in [-0.2, -0.15) is 0 Å². The lowest BCUT2D eigenvalue weighted by atomic mass is 10.0. The summed E-state index contributed by atoms with van der Waals surface area (Å²) in [6, 6.07) is 11.6. The smallest absolute Gasteiger partial charge is 0.00701 e. The molecule has 1 aromatic carbocycles. The topological polar surface area (TPSA) is 12.0 Å². The average Bonchev–Trinajstić information content (AvgIpc) is 2.49. The van der Waals surface area contributed by atoms with Gasteiger partial charge in [0.25, 0.3) is 0 Å². The first-order chi connectivity index (χ1) is 10.2. The second kappa shape index (κ2) is 11.8. The van der Waals surface area contributed by atoms with Gasteiger partial charge < -0.3 is 5.32 Å². The van der Waals surface area contributed by atoms with Crippen molar-refractivity contribution in [3.8, 4) is 0 Å². The molecule has 0 fully saturated rings. The van der Waals surface area contributed by atoms with Gasteiger partial charge >= 0.3 is 0 Å². The van der Waals surface area contributed by atoms with E-state index in [1.807, 2.05) is 0 Å². The van der Waals surface area contributed by atoms with Crippen molar-refractivity contribution >= 4 is 0 Å². The summed E-state index contributed by atoms with van der Waals surface area (Å²) in [6.45, 7) is 8.12. The molecular weight excluding hydrogens is 254 g/mol. The summed E-state index contributed by atoms with van der Waals surface area (Å²) in [5, 5.41) is 3.78. The van der Waals surface area contributed by atoms with E-state index in [0.717, 1.165) is 5.92 Å². The maximum atomic E-state index is 3.78. The minimum atomic E-state index is 0.695. The molecule has 1 unspecified atom stereocenters. The van der Waals surface area contributed by atoms with Crippen LogP contribution in [0.3, 0.4) is 0 Å². The highest BCUT2D eigenvalue weighted by Gasteiger charge is 2.07. The van der Waals surface area contributed by atoms with E-state index in [0.29, 0.717) is 6.04 Å². The number of unbranched alkanes of at least 4 members (excludes halogenated alkanes) is 2. The number of rotatable bonds is 12. The molecule has 21 heavy (non-hydrogen) atoms. The standard InChI is InChI=1S/C20H35N/c1-4-11-20(16-15-19-13-8-5-9-14-19)21-17-10-6-7-12-18(2)3/h5,8-9,13-14,18,20-21H,4,6-7,10-12,15-17H2,1-3H3. The van der Waals surface area contributed by atoms with Crippen LogP contribution in [0.4, 0.5) is 0 Å². The molecule has 0 aliphatic carbocycles. The second-order valence-corrected chi connectivity index (χ2v) is 6.71. The van der Waals surface area contributed by atoms with Gasteiger partial charge in [0.15, 0.2) is 0 Å². The van der Waals surface area contributed by atoms with E-state index in [-0.39, 0.29) is 0 Å². The van der Waals surface area contributed by atoms with E-state index in [4.69, 9.17) is 0 Å². The van der Waals surface area contributed by atoms with Crippen molar-refractivity contribution in [1.82, 2.24) is 5.32 Å². The number of hydrogen-bond acceptors (Lipinski definition) is 1. The van der Waals surface area contributed by atoms with E-state index < -0.39 is 0 Å². The fourth-order valence-corrected chi connectivity index (χ4v) is 2.84. The van der Waals surface area contributed by atoms with Gasteiger partial charge in [0, 0.05) is 6.04 Å². The molecule has 1 atom stereocenters. The largest absolute Gasteiger partial charge is 0.314 e. The first-order valence-corrected chi connectivity index (χ1v) is 8.99. The van der Waals surface area contributed by atoms with Crippen molar-refractivity contribution in [2.45, 2.75) is 78.2 Å². The Labute approximate surface area is 132 Å². The van der Waals surface area contributed by atoms with Gasteiger partial charge in [-0.25, -0.2) is 0 Å². The number of aryl methyl sites for hydroxylation is 1. The Hall–Kier alpha value is -0.820. The molecular formula is C20H35N. The van der Waals surface area contributed by atoms with Crippen LogP contribution >= 0.6 is 0 Å². The Morgan fingerprint density at radius 3 is 2.33 bits per heavy atom. The Balaban J connectivity index is 2.14. The lowest BCUT2D eigenvalue weighted by Gasteiger charge is -2.18. The van der Waals surface area contributed by atoms with Crippen molar-refractivity contribution in [1.29, 1.82) is 0 Å². The average molecular weight is 290 g/mol. The summed E-state index contributed by atoms with van der Waals surface area (Å²) >= 11 is 0. The molecule has 0 aromatic heterocycles. The fraction of sp³-hybridized carbons (Fsp3) is 0.700. The van der Waals surface area contributed by atoms with E-state index in [2.05, 4.69) is 56.4 Å². The molecule has 0 aliphatic rings. The van der Waals surface area contributed by atoms with Crippen LogP contribution in [0, 0.1) is 5.92 Å². The molecule has 0 heterocycles. The minimum absolute atomic E-state index is 0.695. The van der Waals surface area contributed by atoms with Gasteiger partial charge in [-0.3, -0.25) is 0 Å². The Morgan fingerprint density at radius 1 is 0.905 bits per heavy atom. The molecule has 0 bridgehead atoms. The highest BCUT2D eigenvalue weighted by molar-refractivity contribution is 5.14. The van der Waals surface area contributed by atoms with Crippen molar-refractivity contribution < 1.29 is 0 Å². The SMILES string of the molecule is CCCC(CCc1ccccc1)NCCCCCC(C)C. The minimum Gasteiger partial charge on any atom is -0.314 e. The first-order valence-electron chi connectivity index (χ1n) is 8.99. The molecule has 0 saturated carbocycles. The predicted molar refractivity (Wildman–Crippen MR) is 94.8 cm³/mol. The Morgan fingerprint density at radius 2 is 1.67 bits per heavy atom. The van der Waals surface area contributed by atoms with Crippen molar-refractivity contribution in [3.63, 3.8) is 0 Å². The molecule has 0 radical (unpaired) electrons. The van der Waals surface area contributed by atoms with Crippen molar-refractivity contribution in [3.05, 3.63) is 35.9 Å². The van der Waals surface area contributed by atoms with E-state index in [1.165, 1.54) is 63.5 Å². The summed E-state index contributed by atoms with van der Waals surface area (Å²) in [5.41, 5.74) is 1.47. The van der Waals surface area contributed by atoms with Gasteiger partial charge in [-0.05, 0) is 43.7 Å². The van der Waals surface area contributed by atoms with Crippen LogP contribution in [0.5, 0.6) is 0 Å². The summed E-state index contributed by atoms with van der Waals surface area (Å²) in [4.78, 5) is 0. The summed E-state index contributed by atoms with van der Waals surface area (Å²) in [7, 11) is 0. The fourth-order valence-electron chi connectivity index (χ4n) is 2.84. The van der Waals surface area contributed by atoms with Crippen LogP contribution in [0.15, 0.2) is 30.3 Å². The number of benzene rings is 1. The molecule has 1 aromatic rings. The van der Waals surface area contributed by atoms with Gasteiger partial charge in [-0.1, -0.05) is 76.8 Å². The van der Waals surface area contributed by atoms with E-state index in [1.54, 1.807) is 0 Å². The predicted octanol–water partition coefficient (Wildman–Crippen LogP) is 5.59. The zero-order valence-corrected chi connectivity index (χ0v) is 14.4. The second-order valence-electron chi connectivity index (χ2n) is 6.71. The van der Waals surface area contributed by atoms with Gasteiger partial charge in [0.2, 0.25) is 0 Å². The zero-order chi connectivity index (χ0) is 15.3. The quantitative estimate of drug-likeness (QED) is 0.494. The summed E-state index contributed by atoms with van der Waals surface area (Å²) < 4.78 is 0. The summed E-state index contributed by atoms with van der Waals surface area (Å²) in [5.74, 6) is 0.858. The maximum absolute atomic E-state index is 3.78. The van der Waals surface area contributed by atoms with Crippen molar-refractivity contribution in [2.75, 3.05) is 6.54 Å². The molecule has 0 saturated heterocycles. The molecule has 0 aliphatic heterocycles. The zero-order valence-electron chi connectivity index (χ0n) is 14.4. The molecule has 1 heteroatoms. The lowest BCUT2D eigenvalue weighted by molar-refractivity contribution is 0.434. The highest BCUT2D eigenvalue weighted by Crippen LogP contribution is 2.10. The molecule has 1 rings (SSSR count). The Bertz CT molecular complexity index is 331. The van der Waals surface area contributed by atoms with E-state index in [9.17, 15) is 0 Å². The Kier molecular flexibility index (Phi) is 10.2. The van der Waals surface area contributed by atoms with E-state index >= 15 is 0 Å². The third-order valence-corrected chi connectivity index (χ3v) is 4.15. The van der Waals surface area contributed by atoms with Crippen LogP contribution < -0.4 is 5.32 Å². The highest BCUT2D eigenvalue weighted by atomic mass is 14.9. The third-order valence-electron chi connectivity index (χ3n) is 4.15. The monoisotopic (exact) mass is 289 g/mol. The van der Waals surface area contributed by atoms with Crippen LogP contribution in [-0.4, -0.2) is 12.6 Å². The first kappa shape index (κ1) is 18.2. The van der Waals surface area contributed by atoms with Gasteiger partial charge in [-0.15, -0.1) is 0 Å². The summed E-state index contributed by atoms with van der Waals surface area (Å²) in [6.07, 6.45) is 10.5. The number of nitrogens with one attached hydrogen (secondary N) is 1.